The van der Waals surface area contributed by atoms with Crippen LogP contribution in [0.3, 0.4) is 0 Å². The van der Waals surface area contributed by atoms with Crippen molar-refractivity contribution in [2.24, 2.45) is 5.73 Å². The van der Waals surface area contributed by atoms with Crippen molar-refractivity contribution in [3.05, 3.63) is 46.0 Å². The fourth-order valence-corrected chi connectivity index (χ4v) is 4.86. The Bertz CT molecular complexity index is 715. The Balaban J connectivity index is 1.70. The molecule has 0 fully saturated rings. The molecule has 21 heavy (non-hydrogen) atoms. The third-order valence-electron chi connectivity index (χ3n) is 3.45. The smallest absolute Gasteiger partial charge is 0.238 e. The number of thiazole rings is 1. The highest BCUT2D eigenvalue weighted by Crippen LogP contribution is 2.31. The Labute approximate surface area is 128 Å². The van der Waals surface area contributed by atoms with Gasteiger partial charge in [0.1, 0.15) is 0 Å². The summed E-state index contributed by atoms with van der Waals surface area (Å²) in [6.45, 7) is 0.454. The molecule has 1 aliphatic carbocycles. The van der Waals surface area contributed by atoms with Gasteiger partial charge in [-0.25, -0.2) is 13.4 Å². The van der Waals surface area contributed by atoms with Crippen molar-refractivity contribution in [3.8, 4) is 0 Å². The first-order valence-corrected chi connectivity index (χ1v) is 9.29. The molecule has 3 rings (SSSR count). The lowest BCUT2D eigenvalue weighted by Crippen LogP contribution is -2.15. The van der Waals surface area contributed by atoms with Gasteiger partial charge in [-0.1, -0.05) is 24.3 Å². The largest absolute Gasteiger partial charge is 0.326 e. The first-order chi connectivity index (χ1) is 10.1. The fourth-order valence-electron chi connectivity index (χ4n) is 2.39. The van der Waals surface area contributed by atoms with Crippen LogP contribution in [0.15, 0.2) is 24.3 Å². The van der Waals surface area contributed by atoms with E-state index in [2.05, 4.69) is 9.71 Å². The Kier molecular flexibility index (Phi) is 3.97. The van der Waals surface area contributed by atoms with Crippen molar-refractivity contribution in [2.45, 2.75) is 31.6 Å². The number of benzene rings is 1. The predicted molar refractivity (Wildman–Crippen MR) is 84.7 cm³/mol. The number of nitrogens with zero attached hydrogens (tertiary/aromatic N) is 1. The van der Waals surface area contributed by atoms with Crippen LogP contribution in [0.25, 0.3) is 0 Å². The SMILES string of the molecule is NCc1ccc(CS(=O)(=O)Nc2nc3c(s2)CCC3)cc1. The monoisotopic (exact) mass is 323 g/mol. The predicted octanol–water partition coefficient (Wildman–Crippen LogP) is 2.03. The minimum Gasteiger partial charge on any atom is -0.326 e. The topological polar surface area (TPSA) is 85.1 Å². The summed E-state index contributed by atoms with van der Waals surface area (Å²) in [6.07, 6.45) is 3.08. The molecule has 0 amide bonds. The molecular formula is C14H17N3O2S2. The van der Waals surface area contributed by atoms with Gasteiger partial charge in [-0.05, 0) is 30.4 Å². The summed E-state index contributed by atoms with van der Waals surface area (Å²) < 4.78 is 26.9. The summed E-state index contributed by atoms with van der Waals surface area (Å²) in [5.41, 5.74) is 8.30. The number of aryl methyl sites for hydroxylation is 2. The second-order valence-corrected chi connectivity index (χ2v) is 7.93. The van der Waals surface area contributed by atoms with Crippen molar-refractivity contribution in [1.82, 2.24) is 4.98 Å². The van der Waals surface area contributed by atoms with Gasteiger partial charge in [0, 0.05) is 11.4 Å². The number of nitrogens with two attached hydrogens (primary N) is 1. The van der Waals surface area contributed by atoms with Gasteiger partial charge in [0.2, 0.25) is 10.0 Å². The van der Waals surface area contributed by atoms with Crippen LogP contribution < -0.4 is 10.5 Å². The number of sulfonamides is 1. The van der Waals surface area contributed by atoms with E-state index in [1.54, 1.807) is 12.1 Å². The van der Waals surface area contributed by atoms with Crippen molar-refractivity contribution in [2.75, 3.05) is 4.72 Å². The van der Waals surface area contributed by atoms with Crippen molar-refractivity contribution in [3.63, 3.8) is 0 Å². The van der Waals surface area contributed by atoms with E-state index < -0.39 is 10.0 Å². The number of nitrogens with one attached hydrogen (secondary N) is 1. The lowest BCUT2D eigenvalue weighted by Gasteiger charge is -2.06. The second-order valence-electron chi connectivity index (χ2n) is 5.12. The lowest BCUT2D eigenvalue weighted by atomic mass is 10.1. The minimum absolute atomic E-state index is 0.0535. The van der Waals surface area contributed by atoms with Crippen LogP contribution in [-0.4, -0.2) is 13.4 Å². The van der Waals surface area contributed by atoms with Crippen LogP contribution in [0.5, 0.6) is 0 Å². The van der Waals surface area contributed by atoms with Gasteiger partial charge >= 0.3 is 0 Å². The molecule has 0 saturated carbocycles. The van der Waals surface area contributed by atoms with Gasteiger partial charge in [0.05, 0.1) is 11.4 Å². The third kappa shape index (κ3) is 3.42. The lowest BCUT2D eigenvalue weighted by molar-refractivity contribution is 0.600. The molecule has 1 heterocycles. The summed E-state index contributed by atoms with van der Waals surface area (Å²) in [5.74, 6) is -0.0535. The van der Waals surface area contributed by atoms with E-state index in [0.29, 0.717) is 11.7 Å². The molecule has 0 atom stereocenters. The van der Waals surface area contributed by atoms with E-state index in [4.69, 9.17) is 5.73 Å². The normalized spacial score (nSPS) is 14.1. The first-order valence-electron chi connectivity index (χ1n) is 6.83. The van der Waals surface area contributed by atoms with Crippen LogP contribution in [0.1, 0.15) is 28.1 Å². The van der Waals surface area contributed by atoms with Crippen molar-refractivity contribution >= 4 is 26.5 Å². The molecule has 0 unspecified atom stereocenters. The summed E-state index contributed by atoms with van der Waals surface area (Å²) in [4.78, 5) is 5.57. The molecule has 2 aromatic rings. The van der Waals surface area contributed by atoms with E-state index >= 15 is 0 Å². The number of aromatic nitrogens is 1. The zero-order chi connectivity index (χ0) is 14.9. The van der Waals surface area contributed by atoms with Gasteiger partial charge in [0.25, 0.3) is 0 Å². The molecular weight excluding hydrogens is 306 g/mol. The Hall–Kier alpha value is -1.44. The quantitative estimate of drug-likeness (QED) is 0.881. The molecule has 0 spiro atoms. The Morgan fingerprint density at radius 2 is 1.90 bits per heavy atom. The maximum Gasteiger partial charge on any atom is 0.238 e. The Morgan fingerprint density at radius 3 is 2.57 bits per heavy atom. The van der Waals surface area contributed by atoms with Crippen LogP contribution in [0, 0.1) is 0 Å². The van der Waals surface area contributed by atoms with Crippen molar-refractivity contribution in [1.29, 1.82) is 0 Å². The van der Waals surface area contributed by atoms with Crippen molar-refractivity contribution < 1.29 is 8.42 Å². The Morgan fingerprint density at radius 1 is 1.19 bits per heavy atom. The zero-order valence-corrected chi connectivity index (χ0v) is 13.1. The molecule has 0 radical (unpaired) electrons. The van der Waals surface area contributed by atoms with Gasteiger partial charge < -0.3 is 5.73 Å². The average Bonchev–Trinajstić information content (AvgIpc) is 2.99. The molecule has 0 saturated heterocycles. The van der Waals surface area contributed by atoms with E-state index in [9.17, 15) is 8.42 Å². The highest BCUT2D eigenvalue weighted by Gasteiger charge is 2.20. The van der Waals surface area contributed by atoms with Gasteiger partial charge in [-0.3, -0.25) is 4.72 Å². The number of hydrogen-bond donors (Lipinski definition) is 2. The minimum atomic E-state index is -3.43. The highest BCUT2D eigenvalue weighted by molar-refractivity contribution is 7.92. The molecule has 1 aromatic carbocycles. The maximum atomic E-state index is 12.2. The maximum absolute atomic E-state index is 12.2. The van der Waals surface area contributed by atoms with E-state index in [-0.39, 0.29) is 5.75 Å². The molecule has 0 bridgehead atoms. The zero-order valence-electron chi connectivity index (χ0n) is 11.5. The van der Waals surface area contributed by atoms with Crippen LogP contribution >= 0.6 is 11.3 Å². The van der Waals surface area contributed by atoms with Crippen LogP contribution in [0.4, 0.5) is 5.13 Å². The first kappa shape index (κ1) is 14.5. The molecule has 7 heteroatoms. The van der Waals surface area contributed by atoms with Crippen LogP contribution in [-0.2, 0) is 35.2 Å². The molecule has 1 aliphatic rings. The molecule has 0 aliphatic heterocycles. The van der Waals surface area contributed by atoms with E-state index in [1.807, 2.05) is 12.1 Å². The van der Waals surface area contributed by atoms with E-state index in [0.717, 1.165) is 36.1 Å². The summed E-state index contributed by atoms with van der Waals surface area (Å²) in [7, 11) is -3.43. The molecule has 5 nitrogen and oxygen atoms in total. The highest BCUT2D eigenvalue weighted by atomic mass is 32.2. The number of fused-ring (bicyclic) bond motifs is 1. The molecule has 1 aromatic heterocycles. The number of hydrogen-bond acceptors (Lipinski definition) is 5. The molecule has 3 N–H and O–H groups in total. The molecule has 112 valence electrons. The standard InChI is InChI=1S/C14H17N3O2S2/c15-8-10-4-6-11(7-5-10)9-21(18,19)17-14-16-12-2-1-3-13(12)20-14/h4-7H,1-3,8-9,15H2,(H,16,17). The third-order valence-corrected chi connectivity index (χ3v) is 5.87. The second kappa shape index (κ2) is 5.75. The average molecular weight is 323 g/mol. The summed E-state index contributed by atoms with van der Waals surface area (Å²) in [6, 6.07) is 7.29. The fraction of sp³-hybridized carbons (Fsp3) is 0.357. The van der Waals surface area contributed by atoms with Gasteiger partial charge in [-0.15, -0.1) is 11.3 Å². The van der Waals surface area contributed by atoms with Gasteiger partial charge in [0.15, 0.2) is 5.13 Å². The number of anilines is 1. The van der Waals surface area contributed by atoms with Crippen LogP contribution in [0.2, 0.25) is 0 Å². The van der Waals surface area contributed by atoms with E-state index in [1.165, 1.54) is 16.2 Å². The summed E-state index contributed by atoms with van der Waals surface area (Å²) >= 11 is 1.45. The van der Waals surface area contributed by atoms with Gasteiger partial charge in [-0.2, -0.15) is 0 Å². The number of rotatable bonds is 5. The summed E-state index contributed by atoms with van der Waals surface area (Å²) in [5, 5.41) is 0.485.